The van der Waals surface area contributed by atoms with Crippen molar-refractivity contribution >= 4 is 10.1 Å². The molecule has 0 bridgehead atoms. The molecule has 24 heavy (non-hydrogen) atoms. The second-order valence-corrected chi connectivity index (χ2v) is 8.43. The molecule has 1 aromatic rings. The molecule has 3 rings (SSSR count). The Morgan fingerprint density at radius 3 is 2.25 bits per heavy atom. The molecule has 6 heteroatoms. The van der Waals surface area contributed by atoms with Gasteiger partial charge in [-0.15, -0.1) is 0 Å². The summed E-state index contributed by atoms with van der Waals surface area (Å²) in [6, 6.07) is 6.71. The molecule has 0 radical (unpaired) electrons. The standard InChI is InChI=1S/C18H26O5S/c1-3-8-18(21-13-14-22-18)17(9-10-17)11-12-23-24(19,20)16-6-4-15(2)5-7-16/h4-7H,3,8-14H2,1-2H3. The molecule has 1 aromatic carbocycles. The van der Waals surface area contributed by atoms with Crippen molar-refractivity contribution in [3.8, 4) is 0 Å². The molecular weight excluding hydrogens is 328 g/mol. The third-order valence-electron chi connectivity index (χ3n) is 5.12. The lowest BCUT2D eigenvalue weighted by molar-refractivity contribution is -0.214. The van der Waals surface area contributed by atoms with E-state index < -0.39 is 15.9 Å². The van der Waals surface area contributed by atoms with Gasteiger partial charge in [-0.3, -0.25) is 4.18 Å². The van der Waals surface area contributed by atoms with Crippen LogP contribution in [0.15, 0.2) is 29.2 Å². The lowest BCUT2D eigenvalue weighted by atomic mass is 9.88. The first-order valence-electron chi connectivity index (χ1n) is 8.67. The van der Waals surface area contributed by atoms with Crippen molar-refractivity contribution in [2.24, 2.45) is 5.41 Å². The van der Waals surface area contributed by atoms with Crippen LogP contribution in [-0.2, 0) is 23.8 Å². The summed E-state index contributed by atoms with van der Waals surface area (Å²) >= 11 is 0. The van der Waals surface area contributed by atoms with E-state index in [0.29, 0.717) is 19.6 Å². The molecule has 0 N–H and O–H groups in total. The Kier molecular flexibility index (Phi) is 5.02. The maximum atomic E-state index is 12.3. The van der Waals surface area contributed by atoms with Crippen LogP contribution in [0.4, 0.5) is 0 Å². The predicted octanol–water partition coefficient (Wildman–Crippen LogP) is 3.41. The highest BCUT2D eigenvalue weighted by Crippen LogP contribution is 2.61. The lowest BCUT2D eigenvalue weighted by Gasteiger charge is -2.36. The number of hydrogen-bond acceptors (Lipinski definition) is 5. The van der Waals surface area contributed by atoms with E-state index in [1.165, 1.54) is 0 Å². The summed E-state index contributed by atoms with van der Waals surface area (Å²) in [5, 5.41) is 0. The van der Waals surface area contributed by atoms with Gasteiger partial charge in [0.1, 0.15) is 0 Å². The quantitative estimate of drug-likeness (QED) is 0.670. The average molecular weight is 354 g/mol. The van der Waals surface area contributed by atoms with Gasteiger partial charge in [-0.05, 0) is 38.3 Å². The van der Waals surface area contributed by atoms with Gasteiger partial charge >= 0.3 is 0 Å². The molecule has 0 aromatic heterocycles. The minimum Gasteiger partial charge on any atom is -0.347 e. The van der Waals surface area contributed by atoms with Crippen LogP contribution in [0.25, 0.3) is 0 Å². The SMILES string of the molecule is CCCC1(C2(CCOS(=O)(=O)c3ccc(C)cc3)CC2)OCCO1. The van der Waals surface area contributed by atoms with E-state index in [0.717, 1.165) is 31.2 Å². The van der Waals surface area contributed by atoms with Crippen LogP contribution >= 0.6 is 0 Å². The minimum atomic E-state index is -3.71. The molecule has 134 valence electrons. The first-order chi connectivity index (χ1) is 11.4. The number of aryl methyl sites for hydroxylation is 1. The molecule has 5 nitrogen and oxygen atoms in total. The highest BCUT2D eigenvalue weighted by atomic mass is 32.2. The fourth-order valence-corrected chi connectivity index (χ4v) is 4.50. The van der Waals surface area contributed by atoms with E-state index in [1.807, 2.05) is 6.92 Å². The van der Waals surface area contributed by atoms with Gasteiger partial charge in [-0.1, -0.05) is 31.0 Å². The molecular formula is C18H26O5S. The average Bonchev–Trinajstić information content (AvgIpc) is 3.19. The van der Waals surface area contributed by atoms with Crippen molar-refractivity contribution in [1.29, 1.82) is 0 Å². The summed E-state index contributed by atoms with van der Waals surface area (Å²) in [5.41, 5.74) is 0.922. The Morgan fingerprint density at radius 2 is 1.71 bits per heavy atom. The Balaban J connectivity index is 1.62. The summed E-state index contributed by atoms with van der Waals surface area (Å²) in [6.07, 6.45) is 4.46. The summed E-state index contributed by atoms with van der Waals surface area (Å²) in [6.45, 7) is 5.42. The van der Waals surface area contributed by atoms with Gasteiger partial charge in [0, 0.05) is 11.8 Å². The smallest absolute Gasteiger partial charge is 0.296 e. The van der Waals surface area contributed by atoms with Gasteiger partial charge in [0.2, 0.25) is 0 Å². The molecule has 2 fully saturated rings. The van der Waals surface area contributed by atoms with Crippen LogP contribution in [-0.4, -0.2) is 34.0 Å². The van der Waals surface area contributed by atoms with E-state index in [4.69, 9.17) is 13.7 Å². The number of hydrogen-bond donors (Lipinski definition) is 0. The molecule has 1 aliphatic carbocycles. The van der Waals surface area contributed by atoms with E-state index in [9.17, 15) is 8.42 Å². The van der Waals surface area contributed by atoms with E-state index in [1.54, 1.807) is 24.3 Å². The van der Waals surface area contributed by atoms with Crippen molar-refractivity contribution in [3.05, 3.63) is 29.8 Å². The van der Waals surface area contributed by atoms with Crippen molar-refractivity contribution in [3.63, 3.8) is 0 Å². The van der Waals surface area contributed by atoms with Crippen LogP contribution in [0.1, 0.15) is 44.6 Å². The Labute approximate surface area is 144 Å². The van der Waals surface area contributed by atoms with E-state index >= 15 is 0 Å². The molecule has 0 unspecified atom stereocenters. The first-order valence-corrected chi connectivity index (χ1v) is 10.1. The predicted molar refractivity (Wildman–Crippen MR) is 90.1 cm³/mol. The number of rotatable bonds is 8. The zero-order valence-electron chi connectivity index (χ0n) is 14.4. The van der Waals surface area contributed by atoms with Gasteiger partial charge in [0.25, 0.3) is 10.1 Å². The zero-order chi connectivity index (χ0) is 17.3. The third kappa shape index (κ3) is 3.38. The third-order valence-corrected chi connectivity index (χ3v) is 6.45. The highest BCUT2D eigenvalue weighted by molar-refractivity contribution is 7.86. The monoisotopic (exact) mass is 354 g/mol. The molecule has 0 atom stereocenters. The van der Waals surface area contributed by atoms with Gasteiger partial charge in [0.15, 0.2) is 5.79 Å². The topological polar surface area (TPSA) is 61.8 Å². The van der Waals surface area contributed by atoms with Gasteiger partial charge in [0.05, 0.1) is 24.7 Å². The van der Waals surface area contributed by atoms with Crippen LogP contribution in [0.5, 0.6) is 0 Å². The second kappa shape index (κ2) is 6.75. The number of ether oxygens (including phenoxy) is 2. The van der Waals surface area contributed by atoms with Crippen molar-refractivity contribution < 1.29 is 22.1 Å². The Morgan fingerprint density at radius 1 is 1.08 bits per heavy atom. The van der Waals surface area contributed by atoms with Crippen LogP contribution in [0, 0.1) is 12.3 Å². The molecule has 1 aliphatic heterocycles. The van der Waals surface area contributed by atoms with Crippen molar-refractivity contribution in [2.45, 2.75) is 56.6 Å². The maximum Gasteiger partial charge on any atom is 0.296 e. The van der Waals surface area contributed by atoms with Crippen molar-refractivity contribution in [1.82, 2.24) is 0 Å². The Hall–Kier alpha value is -0.950. The molecule has 1 saturated carbocycles. The Bertz CT molecular complexity index is 655. The molecule has 2 aliphatic rings. The summed E-state index contributed by atoms with van der Waals surface area (Å²) < 4.78 is 41.8. The lowest BCUT2D eigenvalue weighted by Crippen LogP contribution is -2.41. The van der Waals surface area contributed by atoms with Gasteiger partial charge in [-0.25, -0.2) is 0 Å². The highest BCUT2D eigenvalue weighted by Gasteiger charge is 2.62. The fraction of sp³-hybridized carbons (Fsp3) is 0.667. The van der Waals surface area contributed by atoms with Gasteiger partial charge < -0.3 is 9.47 Å². The van der Waals surface area contributed by atoms with E-state index in [-0.39, 0.29) is 16.9 Å². The summed E-state index contributed by atoms with van der Waals surface area (Å²) in [4.78, 5) is 0.203. The van der Waals surface area contributed by atoms with Crippen LogP contribution in [0.3, 0.4) is 0 Å². The number of benzene rings is 1. The molecule has 1 heterocycles. The van der Waals surface area contributed by atoms with Crippen LogP contribution in [0.2, 0.25) is 0 Å². The van der Waals surface area contributed by atoms with Crippen molar-refractivity contribution in [2.75, 3.05) is 19.8 Å². The summed E-state index contributed by atoms with van der Waals surface area (Å²) in [7, 11) is -3.71. The molecule has 0 spiro atoms. The second-order valence-electron chi connectivity index (χ2n) is 6.82. The van der Waals surface area contributed by atoms with Crippen LogP contribution < -0.4 is 0 Å². The molecule has 1 saturated heterocycles. The largest absolute Gasteiger partial charge is 0.347 e. The normalized spacial score (nSPS) is 21.8. The first kappa shape index (κ1) is 17.9. The minimum absolute atomic E-state index is 0.0949. The molecule has 0 amide bonds. The maximum absolute atomic E-state index is 12.3. The van der Waals surface area contributed by atoms with E-state index in [2.05, 4.69) is 6.92 Å². The van der Waals surface area contributed by atoms with Gasteiger partial charge in [-0.2, -0.15) is 8.42 Å². The summed E-state index contributed by atoms with van der Waals surface area (Å²) in [5.74, 6) is -0.543. The zero-order valence-corrected chi connectivity index (χ0v) is 15.2. The fourth-order valence-electron chi connectivity index (χ4n) is 3.59.